The van der Waals surface area contributed by atoms with E-state index < -0.39 is 5.82 Å². The first-order chi connectivity index (χ1) is 15.1. The summed E-state index contributed by atoms with van der Waals surface area (Å²) in [5, 5.41) is 2.76. The zero-order chi connectivity index (χ0) is 21.6. The molecule has 0 fully saturated rings. The highest BCUT2D eigenvalue weighted by Crippen LogP contribution is 2.30. The fourth-order valence-electron chi connectivity index (χ4n) is 3.06. The molecular formula is C24H20FNO5. The van der Waals surface area contributed by atoms with E-state index in [2.05, 4.69) is 5.32 Å². The van der Waals surface area contributed by atoms with Gasteiger partial charge >= 0.3 is 0 Å². The van der Waals surface area contributed by atoms with Crippen LogP contribution in [0.2, 0.25) is 0 Å². The van der Waals surface area contributed by atoms with Crippen molar-refractivity contribution in [2.75, 3.05) is 19.8 Å². The number of nitrogens with one attached hydrogen (secondary N) is 1. The Hall–Kier alpha value is -3.87. The van der Waals surface area contributed by atoms with Crippen LogP contribution < -0.4 is 19.5 Å². The van der Waals surface area contributed by atoms with Gasteiger partial charge in [-0.3, -0.25) is 9.59 Å². The van der Waals surface area contributed by atoms with Gasteiger partial charge in [0.1, 0.15) is 24.3 Å². The van der Waals surface area contributed by atoms with Crippen LogP contribution in [0.1, 0.15) is 15.9 Å². The zero-order valence-electron chi connectivity index (χ0n) is 16.5. The zero-order valence-corrected chi connectivity index (χ0v) is 16.5. The van der Waals surface area contributed by atoms with Crippen LogP contribution in [-0.4, -0.2) is 37.6 Å². The van der Waals surface area contributed by atoms with Gasteiger partial charge in [0.05, 0.1) is 6.54 Å². The minimum atomic E-state index is -0.397. The maximum Gasteiger partial charge on any atom is 0.258 e. The highest BCUT2D eigenvalue weighted by atomic mass is 19.1. The lowest BCUT2D eigenvalue weighted by molar-refractivity contribution is -0.123. The summed E-state index contributed by atoms with van der Waals surface area (Å²) in [5.41, 5.74) is 0.837. The summed E-state index contributed by atoms with van der Waals surface area (Å²) in [6.07, 6.45) is -0.282. The Morgan fingerprint density at radius 3 is 2.29 bits per heavy atom. The molecule has 1 aliphatic heterocycles. The summed E-state index contributed by atoms with van der Waals surface area (Å²) in [7, 11) is 0. The number of hydrogen-bond donors (Lipinski definition) is 1. The van der Waals surface area contributed by atoms with Crippen LogP contribution in [-0.2, 0) is 4.79 Å². The van der Waals surface area contributed by atoms with Gasteiger partial charge in [-0.05, 0) is 60.7 Å². The second-order valence-electron chi connectivity index (χ2n) is 6.95. The molecule has 0 spiro atoms. The highest BCUT2D eigenvalue weighted by molar-refractivity contribution is 6.09. The smallest absolute Gasteiger partial charge is 0.258 e. The Morgan fingerprint density at radius 2 is 1.58 bits per heavy atom. The Bertz CT molecular complexity index is 1070. The monoisotopic (exact) mass is 421 g/mol. The highest BCUT2D eigenvalue weighted by Gasteiger charge is 2.21. The van der Waals surface area contributed by atoms with E-state index in [-0.39, 0.29) is 24.4 Å². The number of halogens is 1. The minimum Gasteiger partial charge on any atom is -0.486 e. The van der Waals surface area contributed by atoms with Crippen molar-refractivity contribution in [3.05, 3.63) is 89.7 Å². The molecule has 3 aromatic carbocycles. The van der Waals surface area contributed by atoms with E-state index in [0.717, 1.165) is 0 Å². The molecule has 0 bridgehead atoms. The molecule has 3 aromatic rings. The Kier molecular flexibility index (Phi) is 6.12. The molecule has 7 heteroatoms. The summed E-state index contributed by atoms with van der Waals surface area (Å²) in [6, 6.07) is 19.2. The van der Waals surface area contributed by atoms with Gasteiger partial charge in [-0.1, -0.05) is 12.1 Å². The van der Waals surface area contributed by atoms with E-state index in [1.807, 2.05) is 24.3 Å². The number of benzene rings is 3. The maximum absolute atomic E-state index is 13.0. The molecule has 6 nitrogen and oxygen atoms in total. The summed E-state index contributed by atoms with van der Waals surface area (Å²) >= 11 is 0. The average Bonchev–Trinajstić information content (AvgIpc) is 2.81. The van der Waals surface area contributed by atoms with E-state index in [1.54, 1.807) is 24.3 Å². The number of rotatable bonds is 7. The van der Waals surface area contributed by atoms with Gasteiger partial charge in [0, 0.05) is 11.1 Å². The molecular weight excluding hydrogens is 401 g/mol. The molecule has 1 heterocycles. The lowest BCUT2D eigenvalue weighted by atomic mass is 10.0. The van der Waals surface area contributed by atoms with Gasteiger partial charge < -0.3 is 19.5 Å². The second kappa shape index (κ2) is 9.30. The van der Waals surface area contributed by atoms with E-state index >= 15 is 0 Å². The van der Waals surface area contributed by atoms with Gasteiger partial charge in [-0.25, -0.2) is 4.39 Å². The molecule has 1 atom stereocenters. The molecule has 158 valence electrons. The lowest BCUT2D eigenvalue weighted by Gasteiger charge is -2.26. The molecule has 0 radical (unpaired) electrons. The first kappa shape index (κ1) is 20.4. The molecule has 1 amide bonds. The first-order valence-corrected chi connectivity index (χ1v) is 9.77. The van der Waals surface area contributed by atoms with Crippen LogP contribution >= 0.6 is 0 Å². The molecule has 4 rings (SSSR count). The third-order valence-corrected chi connectivity index (χ3v) is 4.69. The van der Waals surface area contributed by atoms with Crippen LogP contribution in [0.4, 0.5) is 4.39 Å². The van der Waals surface area contributed by atoms with Crippen molar-refractivity contribution in [2.45, 2.75) is 6.10 Å². The quantitative estimate of drug-likeness (QED) is 0.592. The Morgan fingerprint density at radius 1 is 0.935 bits per heavy atom. The molecule has 0 unspecified atom stereocenters. The van der Waals surface area contributed by atoms with Gasteiger partial charge in [0.15, 0.2) is 23.9 Å². The first-order valence-electron chi connectivity index (χ1n) is 9.77. The second-order valence-corrected chi connectivity index (χ2v) is 6.95. The number of hydrogen-bond acceptors (Lipinski definition) is 5. The third-order valence-electron chi connectivity index (χ3n) is 4.69. The number of carbonyl (C=O) groups is 2. The van der Waals surface area contributed by atoms with Crippen molar-refractivity contribution in [3.63, 3.8) is 0 Å². The summed E-state index contributed by atoms with van der Waals surface area (Å²) < 4.78 is 29.9. The van der Waals surface area contributed by atoms with E-state index in [9.17, 15) is 14.0 Å². The van der Waals surface area contributed by atoms with Crippen LogP contribution in [0.5, 0.6) is 17.2 Å². The van der Waals surface area contributed by atoms with Crippen LogP contribution in [0.15, 0.2) is 72.8 Å². The van der Waals surface area contributed by atoms with Crippen LogP contribution in [0.3, 0.4) is 0 Å². The summed E-state index contributed by atoms with van der Waals surface area (Å²) in [5.74, 6) is 0.881. The lowest BCUT2D eigenvalue weighted by Crippen LogP contribution is -2.42. The van der Waals surface area contributed by atoms with E-state index in [0.29, 0.717) is 41.5 Å². The summed E-state index contributed by atoms with van der Waals surface area (Å²) in [6.45, 7) is 0.471. The molecule has 0 saturated carbocycles. The number of fused-ring (bicyclic) bond motifs is 1. The van der Waals surface area contributed by atoms with Crippen molar-refractivity contribution in [2.24, 2.45) is 0 Å². The number of amides is 1. The summed E-state index contributed by atoms with van der Waals surface area (Å²) in [4.78, 5) is 24.5. The fourth-order valence-corrected chi connectivity index (χ4v) is 3.06. The topological polar surface area (TPSA) is 73.9 Å². The van der Waals surface area contributed by atoms with Crippen molar-refractivity contribution < 1.29 is 28.2 Å². The van der Waals surface area contributed by atoms with E-state index in [1.165, 1.54) is 24.3 Å². The predicted molar refractivity (Wildman–Crippen MR) is 111 cm³/mol. The molecule has 1 N–H and O–H groups in total. The largest absolute Gasteiger partial charge is 0.486 e. The normalized spacial score (nSPS) is 14.5. The number of ether oxygens (including phenoxy) is 3. The van der Waals surface area contributed by atoms with Gasteiger partial charge in [-0.2, -0.15) is 0 Å². The fraction of sp³-hybridized carbons (Fsp3) is 0.167. The standard InChI is InChI=1S/C24H20FNO5/c25-18-9-5-16(6-10-18)24(28)17-7-11-19(12-8-17)29-15-23(27)26-13-20-14-30-21-3-1-2-4-22(21)31-20/h1-12,20H,13-15H2,(H,26,27)/t20-/m0/s1. The van der Waals surface area contributed by atoms with Crippen LogP contribution in [0.25, 0.3) is 0 Å². The van der Waals surface area contributed by atoms with Crippen molar-refractivity contribution >= 4 is 11.7 Å². The number of ketones is 1. The molecule has 0 aromatic heterocycles. The predicted octanol–water partition coefficient (Wildman–Crippen LogP) is 3.39. The third kappa shape index (κ3) is 5.19. The minimum absolute atomic E-state index is 0.171. The van der Waals surface area contributed by atoms with Gasteiger partial charge in [0.2, 0.25) is 0 Å². The van der Waals surface area contributed by atoms with Crippen molar-refractivity contribution in [3.8, 4) is 17.2 Å². The van der Waals surface area contributed by atoms with Crippen molar-refractivity contribution in [1.29, 1.82) is 0 Å². The van der Waals surface area contributed by atoms with Crippen molar-refractivity contribution in [1.82, 2.24) is 5.32 Å². The SMILES string of the molecule is O=C(COc1ccc(C(=O)c2ccc(F)cc2)cc1)NC[C@H]1COc2ccccc2O1. The molecule has 1 aliphatic rings. The molecule has 0 aliphatic carbocycles. The Balaban J connectivity index is 1.23. The average molecular weight is 421 g/mol. The maximum atomic E-state index is 13.0. The van der Waals surface area contributed by atoms with Gasteiger partial charge in [-0.15, -0.1) is 0 Å². The molecule has 31 heavy (non-hydrogen) atoms. The van der Waals surface area contributed by atoms with E-state index in [4.69, 9.17) is 14.2 Å². The van der Waals surface area contributed by atoms with Crippen LogP contribution in [0, 0.1) is 5.82 Å². The van der Waals surface area contributed by atoms with Gasteiger partial charge in [0.25, 0.3) is 5.91 Å². The number of para-hydroxylation sites is 2. The number of carbonyl (C=O) groups excluding carboxylic acids is 2. The molecule has 0 saturated heterocycles. The Labute approximate surface area is 178 Å².